The number of amides is 1. The maximum Gasteiger partial charge on any atom is 0.341 e. The van der Waals surface area contributed by atoms with Gasteiger partial charge in [0.2, 0.25) is 11.9 Å². The fourth-order valence-corrected chi connectivity index (χ4v) is 5.25. The molecule has 1 unspecified atom stereocenters. The number of esters is 1. The van der Waals surface area contributed by atoms with Crippen LogP contribution >= 0.6 is 0 Å². The number of methoxy groups -OCH3 is 1. The van der Waals surface area contributed by atoms with E-state index in [0.29, 0.717) is 29.4 Å². The Morgan fingerprint density at radius 2 is 1.85 bits per heavy atom. The Balaban J connectivity index is 1.78. The van der Waals surface area contributed by atoms with E-state index in [1.54, 1.807) is 27.0 Å². The molecule has 1 aliphatic rings. The summed E-state index contributed by atoms with van der Waals surface area (Å²) in [5.74, 6) is -0.143. The number of carbonyl (C=O) groups is 2. The van der Waals surface area contributed by atoms with E-state index >= 15 is 0 Å². The monoisotopic (exact) mass is 639 g/mol. The topological polar surface area (TPSA) is 121 Å². The molecular formula is C36H45N7O4. The molecule has 0 saturated carbocycles. The predicted octanol–water partition coefficient (Wildman–Crippen LogP) is 5.97. The second-order valence-electron chi connectivity index (χ2n) is 11.9. The molecule has 4 rings (SSSR count). The van der Waals surface area contributed by atoms with E-state index in [4.69, 9.17) is 19.5 Å². The van der Waals surface area contributed by atoms with Gasteiger partial charge in [-0.2, -0.15) is 0 Å². The van der Waals surface area contributed by atoms with Gasteiger partial charge >= 0.3 is 5.97 Å². The number of nitrogens with zero attached hydrogens (tertiary/aromatic N) is 5. The summed E-state index contributed by atoms with van der Waals surface area (Å²) < 4.78 is 11.3. The quantitative estimate of drug-likeness (QED) is 0.172. The molecule has 2 aromatic carbocycles. The number of anilines is 4. The summed E-state index contributed by atoms with van der Waals surface area (Å²) in [5.41, 5.74) is 6.75. The van der Waals surface area contributed by atoms with E-state index < -0.39 is 12.0 Å². The summed E-state index contributed by atoms with van der Waals surface area (Å²) in [6, 6.07) is 11.3. The molecule has 0 aliphatic heterocycles. The Hall–Kier alpha value is -5.03. The fourth-order valence-electron chi connectivity index (χ4n) is 5.25. The van der Waals surface area contributed by atoms with Crippen molar-refractivity contribution in [1.82, 2.24) is 14.9 Å². The third-order valence-corrected chi connectivity index (χ3v) is 7.71. The average molecular weight is 640 g/mol. The van der Waals surface area contributed by atoms with Crippen molar-refractivity contribution in [3.63, 3.8) is 0 Å². The molecule has 47 heavy (non-hydrogen) atoms. The van der Waals surface area contributed by atoms with Crippen molar-refractivity contribution in [3.8, 4) is 5.75 Å². The second-order valence-corrected chi connectivity index (χ2v) is 11.9. The normalized spacial score (nSPS) is 14.7. The summed E-state index contributed by atoms with van der Waals surface area (Å²) in [4.78, 5) is 44.1. The number of rotatable bonds is 13. The number of carbonyl (C=O) groups excluding carboxylic acids is 2. The molecule has 1 amide bonds. The maximum absolute atomic E-state index is 13.2. The number of benzene rings is 2. The zero-order valence-electron chi connectivity index (χ0n) is 28.5. The highest BCUT2D eigenvalue weighted by molar-refractivity contribution is 6.16. The smallest absolute Gasteiger partial charge is 0.341 e. The lowest BCUT2D eigenvalue weighted by molar-refractivity contribution is -0.111. The molecule has 1 aromatic heterocycles. The number of allylic oxidation sites excluding steroid dienone is 2. The molecule has 3 aromatic rings. The zero-order valence-corrected chi connectivity index (χ0v) is 28.5. The van der Waals surface area contributed by atoms with Crippen molar-refractivity contribution in [3.05, 3.63) is 89.3 Å². The molecule has 2 N–H and O–H groups in total. The van der Waals surface area contributed by atoms with Gasteiger partial charge in [0.25, 0.3) is 0 Å². The van der Waals surface area contributed by atoms with Crippen LogP contribution in [-0.4, -0.2) is 79.9 Å². The van der Waals surface area contributed by atoms with Crippen molar-refractivity contribution in [1.29, 1.82) is 0 Å². The molecule has 11 heteroatoms. The van der Waals surface area contributed by atoms with Crippen LogP contribution in [0.2, 0.25) is 0 Å². The van der Waals surface area contributed by atoms with Crippen LogP contribution in [0.15, 0.2) is 71.9 Å². The number of hydrogen-bond donors (Lipinski definition) is 2. The number of aliphatic imine (C=N–C) groups is 1. The SMILES string of the molecule is C=CC(=O)Nc1cc(Nc2ncc(C(=O)OC(C)C)c(C(C)N=C3/C(=C\C)Cc4ccccc43)n2)c(OC)cc1N(C)CCN(C)C. The largest absolute Gasteiger partial charge is 0.494 e. The fraction of sp³-hybridized carbons (Fsp3) is 0.361. The van der Waals surface area contributed by atoms with Crippen LogP contribution in [-0.2, 0) is 16.0 Å². The van der Waals surface area contributed by atoms with Gasteiger partial charge in [-0.05, 0) is 71.5 Å². The summed E-state index contributed by atoms with van der Waals surface area (Å²) >= 11 is 0. The van der Waals surface area contributed by atoms with Crippen molar-refractivity contribution < 1.29 is 19.1 Å². The van der Waals surface area contributed by atoms with Gasteiger partial charge in [-0.25, -0.2) is 14.8 Å². The Kier molecular flexibility index (Phi) is 11.5. The number of ether oxygens (including phenoxy) is 2. The van der Waals surface area contributed by atoms with Crippen molar-refractivity contribution in [2.75, 3.05) is 56.9 Å². The first-order valence-corrected chi connectivity index (χ1v) is 15.6. The van der Waals surface area contributed by atoms with Gasteiger partial charge in [0.15, 0.2) is 0 Å². The van der Waals surface area contributed by atoms with E-state index in [1.807, 2.05) is 58.1 Å². The molecule has 1 aliphatic carbocycles. The minimum Gasteiger partial charge on any atom is -0.494 e. The van der Waals surface area contributed by atoms with Crippen LogP contribution in [0.4, 0.5) is 23.0 Å². The molecule has 0 radical (unpaired) electrons. The molecule has 248 valence electrons. The number of fused-ring (bicyclic) bond motifs is 1. The molecule has 0 saturated heterocycles. The van der Waals surface area contributed by atoms with Gasteiger partial charge in [0, 0.05) is 38.0 Å². The zero-order chi connectivity index (χ0) is 34.2. The molecule has 0 spiro atoms. The van der Waals surface area contributed by atoms with E-state index in [9.17, 15) is 9.59 Å². The van der Waals surface area contributed by atoms with Crippen molar-refractivity contribution in [2.45, 2.75) is 46.3 Å². The number of nitrogens with one attached hydrogen (secondary N) is 2. The van der Waals surface area contributed by atoms with Gasteiger partial charge in [0.1, 0.15) is 11.3 Å². The highest BCUT2D eigenvalue weighted by Gasteiger charge is 2.26. The standard InChI is InChI=1S/C36H45N7O4/c1-10-24-18-25-14-12-13-15-26(25)34(24)38-23(5)33-27(35(45)47-22(3)4)21-37-36(41-33)40-29-19-28(39-32(44)11-2)30(20-31(29)46-9)43(8)17-16-42(6)7/h10-15,19-23H,2,16-18H2,1,3-9H3,(H,39,44)(H,37,40,41)/b24-10-,38-34?. The molecule has 11 nitrogen and oxygen atoms in total. The van der Waals surface area contributed by atoms with Crippen LogP contribution in [0.25, 0.3) is 0 Å². The van der Waals surface area contributed by atoms with E-state index in [0.717, 1.165) is 35.5 Å². The second kappa shape index (κ2) is 15.5. The Morgan fingerprint density at radius 3 is 2.51 bits per heavy atom. The predicted molar refractivity (Wildman–Crippen MR) is 188 cm³/mol. The lowest BCUT2D eigenvalue weighted by Crippen LogP contribution is -2.29. The van der Waals surface area contributed by atoms with Gasteiger partial charge in [-0.15, -0.1) is 0 Å². The van der Waals surface area contributed by atoms with Gasteiger partial charge in [0.05, 0.1) is 47.7 Å². The minimum absolute atomic E-state index is 0.222. The average Bonchev–Trinajstić information content (AvgIpc) is 3.40. The van der Waals surface area contributed by atoms with Crippen molar-refractivity contribution >= 4 is 40.6 Å². The van der Waals surface area contributed by atoms with Crippen molar-refractivity contribution in [2.24, 2.45) is 4.99 Å². The first-order chi connectivity index (χ1) is 22.4. The Labute approximate surface area is 277 Å². The molecule has 1 atom stereocenters. The summed E-state index contributed by atoms with van der Waals surface area (Å²) in [6.45, 7) is 12.6. The lowest BCUT2D eigenvalue weighted by Gasteiger charge is -2.26. The van der Waals surface area contributed by atoms with Gasteiger partial charge in [-0.1, -0.05) is 36.9 Å². The first kappa shape index (κ1) is 34.8. The maximum atomic E-state index is 13.2. The summed E-state index contributed by atoms with van der Waals surface area (Å²) in [7, 11) is 7.52. The van der Waals surface area contributed by atoms with E-state index in [2.05, 4.69) is 45.3 Å². The van der Waals surface area contributed by atoms with E-state index in [1.165, 1.54) is 17.8 Å². The first-order valence-electron chi connectivity index (χ1n) is 15.6. The Bertz CT molecular complexity index is 1700. The molecule has 0 fully saturated rings. The third kappa shape index (κ3) is 8.42. The van der Waals surface area contributed by atoms with Crippen LogP contribution in [0.3, 0.4) is 0 Å². The highest BCUT2D eigenvalue weighted by Crippen LogP contribution is 2.38. The van der Waals surface area contributed by atoms with Crippen LogP contribution in [0.1, 0.15) is 60.9 Å². The molecule has 0 bridgehead atoms. The number of hydrogen-bond acceptors (Lipinski definition) is 10. The summed E-state index contributed by atoms with van der Waals surface area (Å²) in [5, 5.41) is 6.14. The summed E-state index contributed by atoms with van der Waals surface area (Å²) in [6.07, 6.45) is 5.22. The van der Waals surface area contributed by atoms with E-state index in [-0.39, 0.29) is 23.5 Å². The number of aromatic nitrogens is 2. The Morgan fingerprint density at radius 1 is 1.11 bits per heavy atom. The number of likely N-dealkylation sites (N-methyl/N-ethyl adjacent to an activating group) is 2. The lowest BCUT2D eigenvalue weighted by atomic mass is 10.1. The molecule has 1 heterocycles. The minimum atomic E-state index is -0.524. The third-order valence-electron chi connectivity index (χ3n) is 7.71. The van der Waals surface area contributed by atoms with Gasteiger partial charge < -0.3 is 29.9 Å². The van der Waals surface area contributed by atoms with Crippen LogP contribution in [0, 0.1) is 0 Å². The highest BCUT2D eigenvalue weighted by atomic mass is 16.5. The van der Waals surface area contributed by atoms with Crippen LogP contribution < -0.4 is 20.3 Å². The molecular weight excluding hydrogens is 594 g/mol. The van der Waals surface area contributed by atoms with Crippen LogP contribution in [0.5, 0.6) is 5.75 Å². The van der Waals surface area contributed by atoms with Gasteiger partial charge in [-0.3, -0.25) is 9.79 Å².